The van der Waals surface area contributed by atoms with Crippen molar-refractivity contribution >= 4 is 0 Å². The summed E-state index contributed by atoms with van der Waals surface area (Å²) in [6.07, 6.45) is 3.56. The molecule has 0 aromatic carbocycles. The highest BCUT2D eigenvalue weighted by Gasteiger charge is 2.14. The molecular weight excluding hydrogens is 164 g/mol. The standard InChI is InChI=1S/C10H22N2O/c1-2-3-6-13-7-4-5-12-10-8-11-9-10/h10-12H,2-9H2,1H3. The first kappa shape index (κ1) is 11.0. The highest BCUT2D eigenvalue weighted by Crippen LogP contribution is 1.92. The molecule has 1 aliphatic rings. The summed E-state index contributed by atoms with van der Waals surface area (Å²) >= 11 is 0. The Morgan fingerprint density at radius 1 is 1.31 bits per heavy atom. The molecule has 0 aliphatic carbocycles. The van der Waals surface area contributed by atoms with Crippen molar-refractivity contribution in [3.8, 4) is 0 Å². The Morgan fingerprint density at radius 2 is 2.08 bits per heavy atom. The van der Waals surface area contributed by atoms with Crippen LogP contribution < -0.4 is 10.6 Å². The Bertz CT molecular complexity index is 115. The molecule has 1 aliphatic heterocycles. The molecule has 13 heavy (non-hydrogen) atoms. The van der Waals surface area contributed by atoms with Gasteiger partial charge in [-0.2, -0.15) is 0 Å². The lowest BCUT2D eigenvalue weighted by molar-refractivity contribution is 0.127. The van der Waals surface area contributed by atoms with E-state index in [2.05, 4.69) is 17.6 Å². The second kappa shape index (κ2) is 7.30. The van der Waals surface area contributed by atoms with Crippen molar-refractivity contribution in [2.75, 3.05) is 32.8 Å². The molecule has 0 saturated carbocycles. The van der Waals surface area contributed by atoms with E-state index in [1.165, 1.54) is 12.8 Å². The fourth-order valence-corrected chi connectivity index (χ4v) is 1.26. The molecule has 0 amide bonds. The van der Waals surface area contributed by atoms with Gasteiger partial charge in [0.1, 0.15) is 0 Å². The van der Waals surface area contributed by atoms with E-state index in [9.17, 15) is 0 Å². The summed E-state index contributed by atoms with van der Waals surface area (Å²) in [5.41, 5.74) is 0. The van der Waals surface area contributed by atoms with E-state index in [1.54, 1.807) is 0 Å². The fraction of sp³-hybridized carbons (Fsp3) is 1.00. The number of unbranched alkanes of at least 4 members (excludes halogenated alkanes) is 1. The zero-order valence-electron chi connectivity index (χ0n) is 8.64. The first-order chi connectivity index (χ1) is 6.43. The van der Waals surface area contributed by atoms with Crippen LogP contribution in [0.15, 0.2) is 0 Å². The van der Waals surface area contributed by atoms with Crippen LogP contribution >= 0.6 is 0 Å². The third-order valence-corrected chi connectivity index (χ3v) is 2.32. The SMILES string of the molecule is CCCCOCCCNC1CNC1. The molecule has 1 rings (SSSR count). The summed E-state index contributed by atoms with van der Waals surface area (Å²) in [5.74, 6) is 0. The molecule has 3 heteroatoms. The molecule has 3 nitrogen and oxygen atoms in total. The number of rotatable bonds is 8. The van der Waals surface area contributed by atoms with Crippen LogP contribution in [0.25, 0.3) is 0 Å². The van der Waals surface area contributed by atoms with E-state index in [0.717, 1.165) is 45.3 Å². The Labute approximate surface area is 81.2 Å². The van der Waals surface area contributed by atoms with Gasteiger partial charge in [0.15, 0.2) is 0 Å². The third-order valence-electron chi connectivity index (χ3n) is 2.32. The molecule has 1 saturated heterocycles. The van der Waals surface area contributed by atoms with Gasteiger partial charge in [0.25, 0.3) is 0 Å². The molecule has 0 atom stereocenters. The average molecular weight is 186 g/mol. The smallest absolute Gasteiger partial charge is 0.0478 e. The van der Waals surface area contributed by atoms with E-state index in [-0.39, 0.29) is 0 Å². The average Bonchev–Trinajstić information content (AvgIpc) is 2.07. The quantitative estimate of drug-likeness (QED) is 0.549. The number of hydrogen-bond donors (Lipinski definition) is 2. The van der Waals surface area contributed by atoms with Gasteiger partial charge in [-0.1, -0.05) is 13.3 Å². The van der Waals surface area contributed by atoms with Crippen LogP contribution in [0.4, 0.5) is 0 Å². The molecule has 0 spiro atoms. The van der Waals surface area contributed by atoms with Crippen LogP contribution in [-0.2, 0) is 4.74 Å². The van der Waals surface area contributed by atoms with Crippen molar-refractivity contribution in [3.05, 3.63) is 0 Å². The summed E-state index contributed by atoms with van der Waals surface area (Å²) < 4.78 is 5.45. The highest BCUT2D eigenvalue weighted by molar-refractivity contribution is 4.80. The van der Waals surface area contributed by atoms with Gasteiger partial charge >= 0.3 is 0 Å². The first-order valence-electron chi connectivity index (χ1n) is 5.45. The second-order valence-corrected chi connectivity index (χ2v) is 3.63. The van der Waals surface area contributed by atoms with E-state index in [4.69, 9.17) is 4.74 Å². The van der Waals surface area contributed by atoms with Crippen molar-refractivity contribution in [1.29, 1.82) is 0 Å². The lowest BCUT2D eigenvalue weighted by Gasteiger charge is -2.28. The maximum Gasteiger partial charge on any atom is 0.0478 e. The van der Waals surface area contributed by atoms with Gasteiger partial charge in [0, 0.05) is 32.3 Å². The number of ether oxygens (including phenoxy) is 1. The van der Waals surface area contributed by atoms with E-state index >= 15 is 0 Å². The summed E-state index contributed by atoms with van der Waals surface area (Å²) in [6, 6.07) is 0.718. The minimum Gasteiger partial charge on any atom is -0.381 e. The molecule has 0 unspecified atom stereocenters. The van der Waals surface area contributed by atoms with Crippen molar-refractivity contribution in [2.45, 2.75) is 32.2 Å². The van der Waals surface area contributed by atoms with Gasteiger partial charge in [-0.05, 0) is 19.4 Å². The van der Waals surface area contributed by atoms with Crippen LogP contribution in [0.5, 0.6) is 0 Å². The van der Waals surface area contributed by atoms with Gasteiger partial charge in [-0.25, -0.2) is 0 Å². The Kier molecular flexibility index (Phi) is 6.15. The fourth-order valence-electron chi connectivity index (χ4n) is 1.26. The van der Waals surface area contributed by atoms with Crippen LogP contribution in [0.3, 0.4) is 0 Å². The van der Waals surface area contributed by atoms with E-state index < -0.39 is 0 Å². The van der Waals surface area contributed by atoms with Gasteiger partial charge in [0.05, 0.1) is 0 Å². The monoisotopic (exact) mass is 186 g/mol. The number of hydrogen-bond acceptors (Lipinski definition) is 3. The molecular formula is C10H22N2O. The van der Waals surface area contributed by atoms with Gasteiger partial charge < -0.3 is 15.4 Å². The number of nitrogens with one attached hydrogen (secondary N) is 2. The molecule has 1 fully saturated rings. The maximum atomic E-state index is 5.45. The van der Waals surface area contributed by atoms with E-state index in [0.29, 0.717) is 0 Å². The normalized spacial score (nSPS) is 17.3. The molecule has 78 valence electrons. The molecule has 2 N–H and O–H groups in total. The first-order valence-corrected chi connectivity index (χ1v) is 5.45. The summed E-state index contributed by atoms with van der Waals surface area (Å²) in [4.78, 5) is 0. The minimum absolute atomic E-state index is 0.718. The van der Waals surface area contributed by atoms with Crippen LogP contribution in [0, 0.1) is 0 Å². The Hall–Kier alpha value is -0.120. The zero-order chi connectivity index (χ0) is 9.36. The van der Waals surface area contributed by atoms with Crippen LogP contribution in [0.1, 0.15) is 26.2 Å². The topological polar surface area (TPSA) is 33.3 Å². The maximum absolute atomic E-state index is 5.45. The summed E-state index contributed by atoms with van der Waals surface area (Å²) in [5, 5.41) is 6.70. The van der Waals surface area contributed by atoms with Gasteiger partial charge in [0.2, 0.25) is 0 Å². The molecule has 0 radical (unpaired) electrons. The Morgan fingerprint density at radius 3 is 2.69 bits per heavy atom. The van der Waals surface area contributed by atoms with Crippen molar-refractivity contribution in [1.82, 2.24) is 10.6 Å². The highest BCUT2D eigenvalue weighted by atomic mass is 16.5. The van der Waals surface area contributed by atoms with E-state index in [1.807, 2.05) is 0 Å². The van der Waals surface area contributed by atoms with Crippen molar-refractivity contribution < 1.29 is 4.74 Å². The Balaban J connectivity index is 1.68. The largest absolute Gasteiger partial charge is 0.381 e. The van der Waals surface area contributed by atoms with Crippen molar-refractivity contribution in [3.63, 3.8) is 0 Å². The summed E-state index contributed by atoms with van der Waals surface area (Å²) in [6.45, 7) is 7.40. The predicted octanol–water partition coefficient (Wildman–Crippen LogP) is 0.755. The molecule has 1 heterocycles. The molecule has 0 aromatic rings. The van der Waals surface area contributed by atoms with Crippen molar-refractivity contribution in [2.24, 2.45) is 0 Å². The second-order valence-electron chi connectivity index (χ2n) is 3.63. The molecule has 0 bridgehead atoms. The lowest BCUT2D eigenvalue weighted by Crippen LogP contribution is -2.55. The summed E-state index contributed by atoms with van der Waals surface area (Å²) in [7, 11) is 0. The third kappa shape index (κ3) is 5.24. The minimum atomic E-state index is 0.718. The molecule has 0 aromatic heterocycles. The van der Waals surface area contributed by atoms with Crippen LogP contribution in [0.2, 0.25) is 0 Å². The predicted molar refractivity (Wildman–Crippen MR) is 55.0 cm³/mol. The van der Waals surface area contributed by atoms with Gasteiger partial charge in [-0.15, -0.1) is 0 Å². The van der Waals surface area contributed by atoms with Crippen LogP contribution in [-0.4, -0.2) is 38.9 Å². The van der Waals surface area contributed by atoms with Gasteiger partial charge in [-0.3, -0.25) is 0 Å². The lowest BCUT2D eigenvalue weighted by atomic mass is 10.2. The zero-order valence-corrected chi connectivity index (χ0v) is 8.64.